The predicted molar refractivity (Wildman–Crippen MR) is 110 cm³/mol. The van der Waals surface area contributed by atoms with E-state index in [9.17, 15) is 8.42 Å². The number of hydrogen-bond donors (Lipinski definition) is 1. The van der Waals surface area contributed by atoms with Gasteiger partial charge in [-0.15, -0.1) is 10.2 Å². The first-order valence-corrected chi connectivity index (χ1v) is 11.6. The van der Waals surface area contributed by atoms with Gasteiger partial charge in [0, 0.05) is 17.3 Å². The zero-order valence-corrected chi connectivity index (χ0v) is 18.4. The van der Waals surface area contributed by atoms with Gasteiger partial charge in [0.05, 0.1) is 10.9 Å². The minimum atomic E-state index is -3.67. The third-order valence-corrected chi connectivity index (χ3v) is 6.75. The zero-order chi connectivity index (χ0) is 20.0. The molecule has 27 heavy (non-hydrogen) atoms. The van der Waals surface area contributed by atoms with Crippen molar-refractivity contribution in [1.82, 2.24) is 24.4 Å². The second-order valence-corrected chi connectivity index (χ2v) is 9.60. The summed E-state index contributed by atoms with van der Waals surface area (Å²) in [4.78, 5) is 2.31. The van der Waals surface area contributed by atoms with Crippen LogP contribution in [0, 0.1) is 0 Å². The average Bonchev–Trinajstić information content (AvgIpc) is 3.01. The molecule has 0 aliphatic rings. The Hall–Kier alpha value is -1.13. The van der Waals surface area contributed by atoms with Crippen molar-refractivity contribution in [3.63, 3.8) is 0 Å². The maximum atomic E-state index is 12.6. The van der Waals surface area contributed by atoms with Gasteiger partial charge in [-0.1, -0.05) is 23.4 Å². The number of rotatable bonds is 10. The number of sulfonamides is 1. The highest BCUT2D eigenvalue weighted by molar-refractivity contribution is 7.99. The highest BCUT2D eigenvalue weighted by atomic mass is 35.5. The lowest BCUT2D eigenvalue weighted by atomic mass is 10.3. The number of hydrogen-bond acceptors (Lipinski definition) is 6. The van der Waals surface area contributed by atoms with Gasteiger partial charge in [-0.25, -0.2) is 13.1 Å². The molecule has 7 nitrogen and oxygen atoms in total. The van der Waals surface area contributed by atoms with Gasteiger partial charge < -0.3 is 9.47 Å². The van der Waals surface area contributed by atoms with Gasteiger partial charge in [-0.05, 0) is 65.2 Å². The van der Waals surface area contributed by atoms with Crippen molar-refractivity contribution in [2.45, 2.75) is 42.9 Å². The lowest BCUT2D eigenvalue weighted by Crippen LogP contribution is -2.29. The van der Waals surface area contributed by atoms with Gasteiger partial charge in [0.1, 0.15) is 0 Å². The molecule has 10 heteroatoms. The summed E-state index contributed by atoms with van der Waals surface area (Å²) in [5.74, 6) is 1.53. The van der Waals surface area contributed by atoms with Crippen molar-refractivity contribution in [3.8, 4) is 0 Å². The van der Waals surface area contributed by atoms with Crippen molar-refractivity contribution >= 4 is 33.4 Å². The topological polar surface area (TPSA) is 80.1 Å². The third-order valence-electron chi connectivity index (χ3n) is 3.89. The van der Waals surface area contributed by atoms with E-state index in [0.717, 1.165) is 23.9 Å². The van der Waals surface area contributed by atoms with E-state index in [2.05, 4.69) is 19.8 Å². The van der Waals surface area contributed by atoms with Crippen LogP contribution in [0.2, 0.25) is 5.02 Å². The molecule has 2 rings (SSSR count). The first-order valence-electron chi connectivity index (χ1n) is 8.73. The molecule has 0 radical (unpaired) electrons. The number of benzene rings is 1. The lowest BCUT2D eigenvalue weighted by Gasteiger charge is -2.15. The molecule has 0 saturated heterocycles. The quantitative estimate of drug-likeness (QED) is 0.460. The molecule has 0 amide bonds. The lowest BCUT2D eigenvalue weighted by molar-refractivity contribution is 0.410. The van der Waals surface area contributed by atoms with Crippen LogP contribution in [0.4, 0.5) is 0 Å². The second kappa shape index (κ2) is 9.88. The van der Waals surface area contributed by atoms with E-state index in [4.69, 9.17) is 11.6 Å². The highest BCUT2D eigenvalue weighted by Gasteiger charge is 2.23. The molecule has 1 N–H and O–H groups in total. The van der Waals surface area contributed by atoms with E-state index in [1.165, 1.54) is 12.1 Å². The summed E-state index contributed by atoms with van der Waals surface area (Å²) in [6.45, 7) is 5.45. The average molecular weight is 432 g/mol. The Morgan fingerprint density at radius 3 is 2.52 bits per heavy atom. The van der Waals surface area contributed by atoms with Crippen LogP contribution in [-0.4, -0.2) is 54.5 Å². The van der Waals surface area contributed by atoms with Crippen molar-refractivity contribution < 1.29 is 8.42 Å². The molecule has 1 heterocycles. The summed E-state index contributed by atoms with van der Waals surface area (Å²) in [5.41, 5.74) is 0. The highest BCUT2D eigenvalue weighted by Crippen LogP contribution is 2.23. The van der Waals surface area contributed by atoms with Crippen molar-refractivity contribution in [3.05, 3.63) is 35.1 Å². The molecule has 0 unspecified atom stereocenters. The maximum Gasteiger partial charge on any atom is 0.241 e. The third kappa shape index (κ3) is 6.18. The van der Waals surface area contributed by atoms with Gasteiger partial charge in [0.2, 0.25) is 10.0 Å². The molecule has 0 aliphatic heterocycles. The Kier molecular flexibility index (Phi) is 8.11. The van der Waals surface area contributed by atoms with E-state index >= 15 is 0 Å². The molecule has 1 atom stereocenters. The molecular formula is C17H26ClN5O2S2. The molecule has 1 aromatic carbocycles. The van der Waals surface area contributed by atoms with Crippen LogP contribution in [0.25, 0.3) is 0 Å². The van der Waals surface area contributed by atoms with Crippen LogP contribution < -0.4 is 4.72 Å². The Labute approximate surface area is 170 Å². The minimum absolute atomic E-state index is 0.166. The molecule has 0 spiro atoms. The first-order chi connectivity index (χ1) is 12.7. The van der Waals surface area contributed by atoms with Crippen LogP contribution in [-0.2, 0) is 16.6 Å². The SMILES string of the molecule is CCn1c(SCCCN(C)C)nnc1[C@@H](C)NS(=O)(=O)c1ccc(Cl)cc1. The number of halogens is 1. The minimum Gasteiger partial charge on any atom is -0.309 e. The largest absolute Gasteiger partial charge is 0.309 e. The van der Waals surface area contributed by atoms with Crippen LogP contribution in [0.1, 0.15) is 32.1 Å². The molecule has 0 fully saturated rings. The van der Waals surface area contributed by atoms with Gasteiger partial charge >= 0.3 is 0 Å². The Morgan fingerprint density at radius 2 is 1.93 bits per heavy atom. The molecule has 0 aliphatic carbocycles. The Balaban J connectivity index is 2.09. The molecule has 150 valence electrons. The normalized spacial score (nSPS) is 13.3. The standard InChI is InChI=1S/C17H26ClN5O2S2/c1-5-23-16(19-20-17(23)26-12-6-11-22(3)4)13(2)21-27(24,25)15-9-7-14(18)8-10-15/h7-10,13,21H,5-6,11-12H2,1-4H3/t13-/m1/s1. The van der Waals surface area contributed by atoms with E-state index in [1.807, 2.05) is 25.6 Å². The molecule has 0 saturated carbocycles. The fraction of sp³-hybridized carbons (Fsp3) is 0.529. The molecule has 1 aromatic heterocycles. The number of aromatic nitrogens is 3. The number of thioether (sulfide) groups is 1. The second-order valence-electron chi connectivity index (χ2n) is 6.39. The van der Waals surface area contributed by atoms with E-state index < -0.39 is 16.1 Å². The summed E-state index contributed by atoms with van der Waals surface area (Å²) in [5, 5.41) is 9.77. The maximum absolute atomic E-state index is 12.6. The molecule has 2 aromatic rings. The molecule has 0 bridgehead atoms. The van der Waals surface area contributed by atoms with Crippen molar-refractivity contribution in [2.75, 3.05) is 26.4 Å². The summed E-state index contributed by atoms with van der Waals surface area (Å²) in [6.07, 6.45) is 1.04. The van der Waals surface area contributed by atoms with Crippen LogP contribution in [0.5, 0.6) is 0 Å². The van der Waals surface area contributed by atoms with Gasteiger partial charge in [-0.3, -0.25) is 0 Å². The first kappa shape index (κ1) is 22.2. The van der Waals surface area contributed by atoms with E-state index in [0.29, 0.717) is 17.4 Å². The fourth-order valence-corrected chi connectivity index (χ4v) is 4.80. The van der Waals surface area contributed by atoms with Crippen LogP contribution in [0.15, 0.2) is 34.3 Å². The summed E-state index contributed by atoms with van der Waals surface area (Å²) in [6, 6.07) is 5.56. The Bertz CT molecular complexity index is 838. The summed E-state index contributed by atoms with van der Waals surface area (Å²) < 4.78 is 29.8. The number of nitrogens with one attached hydrogen (secondary N) is 1. The zero-order valence-electron chi connectivity index (χ0n) is 16.0. The predicted octanol–water partition coefficient (Wildman–Crippen LogP) is 3.03. The smallest absolute Gasteiger partial charge is 0.241 e. The van der Waals surface area contributed by atoms with Gasteiger partial charge in [0.25, 0.3) is 0 Å². The van der Waals surface area contributed by atoms with E-state index in [1.54, 1.807) is 30.8 Å². The van der Waals surface area contributed by atoms with Gasteiger partial charge in [-0.2, -0.15) is 0 Å². The van der Waals surface area contributed by atoms with Crippen molar-refractivity contribution in [2.24, 2.45) is 0 Å². The van der Waals surface area contributed by atoms with E-state index in [-0.39, 0.29) is 4.90 Å². The summed E-state index contributed by atoms with van der Waals surface area (Å²) >= 11 is 7.47. The summed E-state index contributed by atoms with van der Waals surface area (Å²) in [7, 11) is 0.422. The monoisotopic (exact) mass is 431 g/mol. The van der Waals surface area contributed by atoms with Crippen LogP contribution in [0.3, 0.4) is 0 Å². The van der Waals surface area contributed by atoms with Crippen molar-refractivity contribution in [1.29, 1.82) is 0 Å². The fourth-order valence-electron chi connectivity index (χ4n) is 2.54. The molecular weight excluding hydrogens is 406 g/mol. The van der Waals surface area contributed by atoms with Gasteiger partial charge in [0.15, 0.2) is 11.0 Å². The van der Waals surface area contributed by atoms with Crippen LogP contribution >= 0.6 is 23.4 Å². The Morgan fingerprint density at radius 1 is 1.26 bits per heavy atom. The number of nitrogens with zero attached hydrogens (tertiary/aromatic N) is 4.